The number of ether oxygens (including phenoxy) is 1. The van der Waals surface area contributed by atoms with E-state index in [9.17, 15) is 0 Å². The van der Waals surface area contributed by atoms with Crippen molar-refractivity contribution < 1.29 is 9.57 Å². The first-order valence-corrected chi connectivity index (χ1v) is 12.8. The van der Waals surface area contributed by atoms with Crippen LogP contribution in [-0.4, -0.2) is 84.6 Å². The van der Waals surface area contributed by atoms with Crippen molar-refractivity contribution in [2.45, 2.75) is 45.1 Å². The lowest BCUT2D eigenvalue weighted by atomic mass is 9.83. The third-order valence-electron chi connectivity index (χ3n) is 6.78. The van der Waals surface area contributed by atoms with Crippen LogP contribution in [0.3, 0.4) is 0 Å². The van der Waals surface area contributed by atoms with Crippen LogP contribution in [0.2, 0.25) is 0 Å². The monoisotopic (exact) mass is 460 g/mol. The predicted molar refractivity (Wildman–Crippen MR) is 132 cm³/mol. The molecule has 1 aromatic rings. The fourth-order valence-electron chi connectivity index (χ4n) is 4.61. The van der Waals surface area contributed by atoms with Gasteiger partial charge in [-0.3, -0.25) is 4.90 Å². The maximum absolute atomic E-state index is 6.57. The molecule has 0 amide bonds. The Labute approximate surface area is 196 Å². The number of piperazine rings is 1. The lowest BCUT2D eigenvalue weighted by Gasteiger charge is -2.44. The number of rotatable bonds is 6. The van der Waals surface area contributed by atoms with Gasteiger partial charge in [0, 0.05) is 45.2 Å². The third-order valence-corrected chi connectivity index (χ3v) is 7.66. The van der Waals surface area contributed by atoms with E-state index in [0.717, 1.165) is 76.5 Å². The zero-order valence-electron chi connectivity index (χ0n) is 19.6. The number of aliphatic imine (C=N–C) groups is 1. The van der Waals surface area contributed by atoms with E-state index < -0.39 is 0 Å². The molecular weight excluding hydrogens is 424 g/mol. The highest BCUT2D eigenvalue weighted by Gasteiger charge is 2.40. The SMILES string of the molecule is C=N/C(=N\OCN1CCC2(CCc3cc(N4CCN(SC)CC4)ncc3O2)CC1)C(C)C. The first-order chi connectivity index (χ1) is 15.5. The Balaban J connectivity index is 1.30. The number of anilines is 1. The van der Waals surface area contributed by atoms with Gasteiger partial charge in [-0.1, -0.05) is 31.0 Å². The van der Waals surface area contributed by atoms with E-state index in [1.165, 1.54) is 5.56 Å². The Morgan fingerprint density at radius 1 is 1.22 bits per heavy atom. The molecule has 2 fully saturated rings. The Kier molecular flexibility index (Phi) is 7.58. The van der Waals surface area contributed by atoms with Crippen LogP contribution in [0.4, 0.5) is 5.82 Å². The summed E-state index contributed by atoms with van der Waals surface area (Å²) >= 11 is 1.83. The number of oxime groups is 1. The van der Waals surface area contributed by atoms with Crippen molar-refractivity contribution in [3.8, 4) is 5.75 Å². The molecule has 4 heterocycles. The summed E-state index contributed by atoms with van der Waals surface area (Å²) in [6.45, 7) is 14.2. The van der Waals surface area contributed by atoms with E-state index in [2.05, 4.69) is 43.3 Å². The van der Waals surface area contributed by atoms with Crippen LogP contribution in [0.5, 0.6) is 5.75 Å². The maximum Gasteiger partial charge on any atom is 0.171 e. The lowest BCUT2D eigenvalue weighted by molar-refractivity contribution is -0.0497. The molecule has 0 radical (unpaired) electrons. The first kappa shape index (κ1) is 23.3. The normalized spacial score (nSPS) is 22.0. The molecule has 0 unspecified atom stereocenters. The van der Waals surface area contributed by atoms with Crippen LogP contribution in [-0.2, 0) is 11.3 Å². The molecule has 1 spiro atoms. The quantitative estimate of drug-likeness (QED) is 0.279. The van der Waals surface area contributed by atoms with Crippen LogP contribution in [0.1, 0.15) is 38.7 Å². The van der Waals surface area contributed by atoms with E-state index in [1.54, 1.807) is 0 Å². The van der Waals surface area contributed by atoms with Gasteiger partial charge in [0.15, 0.2) is 12.6 Å². The van der Waals surface area contributed by atoms with Crippen molar-refractivity contribution in [1.29, 1.82) is 0 Å². The number of piperidine rings is 1. The van der Waals surface area contributed by atoms with Gasteiger partial charge in [0.05, 0.1) is 6.20 Å². The summed E-state index contributed by atoms with van der Waals surface area (Å²) in [5.41, 5.74) is 1.22. The molecule has 3 aliphatic heterocycles. The fourth-order valence-corrected chi connectivity index (χ4v) is 5.14. The smallest absolute Gasteiger partial charge is 0.171 e. The number of pyridine rings is 1. The van der Waals surface area contributed by atoms with Crippen molar-refractivity contribution in [3.05, 3.63) is 17.8 Å². The average Bonchev–Trinajstić information content (AvgIpc) is 2.82. The van der Waals surface area contributed by atoms with Crippen molar-refractivity contribution in [2.24, 2.45) is 16.1 Å². The Bertz CT molecular complexity index is 817. The first-order valence-electron chi connectivity index (χ1n) is 11.6. The van der Waals surface area contributed by atoms with Gasteiger partial charge in [0.25, 0.3) is 0 Å². The standard InChI is InChI=1S/C23H36N6O2S/c1-18(2)22(24-3)26-30-17-27-9-7-23(8-10-27)6-5-19-15-21(25-16-20(19)31-23)28-11-13-29(32-4)14-12-28/h15-16,18H,3,5-14,17H2,1-2,4H3/b26-22-. The van der Waals surface area contributed by atoms with Crippen molar-refractivity contribution >= 4 is 30.3 Å². The van der Waals surface area contributed by atoms with Crippen LogP contribution in [0, 0.1) is 5.92 Å². The van der Waals surface area contributed by atoms with Gasteiger partial charge in [-0.15, -0.1) is 0 Å². The summed E-state index contributed by atoms with van der Waals surface area (Å²) in [6, 6.07) is 2.25. The summed E-state index contributed by atoms with van der Waals surface area (Å²) in [7, 11) is 0. The minimum Gasteiger partial charge on any atom is -0.485 e. The molecule has 3 aliphatic rings. The molecule has 176 valence electrons. The third kappa shape index (κ3) is 5.38. The van der Waals surface area contributed by atoms with E-state index in [-0.39, 0.29) is 11.5 Å². The zero-order chi connectivity index (χ0) is 22.6. The molecule has 0 N–H and O–H groups in total. The summed E-state index contributed by atoms with van der Waals surface area (Å²) in [6.07, 6.45) is 8.21. The fraction of sp³-hybridized carbons (Fsp3) is 0.696. The highest BCUT2D eigenvalue weighted by atomic mass is 32.2. The summed E-state index contributed by atoms with van der Waals surface area (Å²) < 4.78 is 8.97. The Morgan fingerprint density at radius 3 is 2.62 bits per heavy atom. The molecule has 1 aromatic heterocycles. The predicted octanol–water partition coefficient (Wildman–Crippen LogP) is 3.29. The molecule has 4 rings (SSSR count). The minimum atomic E-state index is -0.0777. The van der Waals surface area contributed by atoms with Gasteiger partial charge in [-0.2, -0.15) is 0 Å². The second-order valence-corrected chi connectivity index (χ2v) is 10.1. The number of amidine groups is 1. The number of nitrogens with zero attached hydrogens (tertiary/aromatic N) is 6. The number of aryl methyl sites for hydroxylation is 1. The average molecular weight is 461 g/mol. The molecule has 0 saturated carbocycles. The molecule has 0 aliphatic carbocycles. The Hall–Kier alpha value is -1.84. The molecular formula is C23H36N6O2S. The van der Waals surface area contributed by atoms with E-state index >= 15 is 0 Å². The number of hydrogen-bond donors (Lipinski definition) is 0. The molecule has 0 bridgehead atoms. The molecule has 2 saturated heterocycles. The highest BCUT2D eigenvalue weighted by Crippen LogP contribution is 2.40. The van der Waals surface area contributed by atoms with E-state index in [0.29, 0.717) is 12.6 Å². The Morgan fingerprint density at radius 2 is 1.97 bits per heavy atom. The van der Waals surface area contributed by atoms with Gasteiger partial charge in [-0.05, 0) is 50.3 Å². The molecule has 0 atom stereocenters. The molecule has 9 heteroatoms. The summed E-state index contributed by atoms with van der Waals surface area (Å²) in [4.78, 5) is 18.9. The largest absolute Gasteiger partial charge is 0.485 e. The van der Waals surface area contributed by atoms with E-state index in [1.807, 2.05) is 32.0 Å². The van der Waals surface area contributed by atoms with Gasteiger partial charge in [0.1, 0.15) is 17.2 Å². The molecule has 8 nitrogen and oxygen atoms in total. The van der Waals surface area contributed by atoms with Gasteiger partial charge in [-0.25, -0.2) is 14.3 Å². The summed E-state index contributed by atoms with van der Waals surface area (Å²) in [5.74, 6) is 2.91. The van der Waals surface area contributed by atoms with Crippen molar-refractivity contribution in [1.82, 2.24) is 14.2 Å². The zero-order valence-corrected chi connectivity index (χ0v) is 20.4. The van der Waals surface area contributed by atoms with Crippen molar-refractivity contribution in [2.75, 3.05) is 57.2 Å². The van der Waals surface area contributed by atoms with Crippen LogP contribution in [0.15, 0.2) is 22.4 Å². The van der Waals surface area contributed by atoms with Gasteiger partial charge < -0.3 is 14.5 Å². The molecule has 0 aromatic carbocycles. The number of fused-ring (bicyclic) bond motifs is 1. The number of likely N-dealkylation sites (tertiary alicyclic amines) is 1. The topological polar surface area (TPSA) is 65.8 Å². The van der Waals surface area contributed by atoms with Crippen molar-refractivity contribution in [3.63, 3.8) is 0 Å². The number of aromatic nitrogens is 1. The highest BCUT2D eigenvalue weighted by molar-refractivity contribution is 7.96. The number of hydrogen-bond acceptors (Lipinski definition) is 8. The second-order valence-electron chi connectivity index (χ2n) is 9.17. The van der Waals surface area contributed by atoms with E-state index in [4.69, 9.17) is 14.6 Å². The lowest BCUT2D eigenvalue weighted by Crippen LogP contribution is -2.50. The van der Waals surface area contributed by atoms with Crippen LogP contribution < -0.4 is 9.64 Å². The van der Waals surface area contributed by atoms with Crippen LogP contribution >= 0.6 is 11.9 Å². The second kappa shape index (κ2) is 10.4. The van der Waals surface area contributed by atoms with Gasteiger partial charge in [0.2, 0.25) is 0 Å². The maximum atomic E-state index is 6.57. The van der Waals surface area contributed by atoms with Crippen LogP contribution in [0.25, 0.3) is 0 Å². The minimum absolute atomic E-state index is 0.0777. The van der Waals surface area contributed by atoms with Gasteiger partial charge >= 0.3 is 0 Å². The summed E-state index contributed by atoms with van der Waals surface area (Å²) in [5, 5.41) is 4.12. The molecule has 32 heavy (non-hydrogen) atoms.